The first-order chi connectivity index (χ1) is 17.5. The largest absolute Gasteiger partial charge is 0.372 e. The van der Waals surface area contributed by atoms with Gasteiger partial charge in [0.1, 0.15) is 11.6 Å². The Labute approximate surface area is 221 Å². The van der Waals surface area contributed by atoms with Gasteiger partial charge in [-0.3, -0.25) is 9.97 Å². The van der Waals surface area contributed by atoms with Gasteiger partial charge < -0.3 is 16.0 Å². The van der Waals surface area contributed by atoms with Crippen molar-refractivity contribution in [2.24, 2.45) is 0 Å². The second-order valence-electron chi connectivity index (χ2n) is 8.22. The molecule has 4 aromatic rings. The summed E-state index contributed by atoms with van der Waals surface area (Å²) in [6.45, 7) is 2.73. The van der Waals surface area contributed by atoms with Crippen LogP contribution in [0.5, 0.6) is 0 Å². The van der Waals surface area contributed by atoms with Gasteiger partial charge in [-0.2, -0.15) is 0 Å². The van der Waals surface area contributed by atoms with Crippen molar-refractivity contribution in [2.45, 2.75) is 26.3 Å². The van der Waals surface area contributed by atoms with Crippen LogP contribution in [0.4, 0.5) is 11.6 Å². The van der Waals surface area contributed by atoms with Gasteiger partial charge in [0.2, 0.25) is 0 Å². The van der Waals surface area contributed by atoms with Gasteiger partial charge in [0.15, 0.2) is 0 Å². The van der Waals surface area contributed by atoms with Gasteiger partial charge in [-0.25, -0.2) is 9.97 Å². The highest BCUT2D eigenvalue weighted by Crippen LogP contribution is 2.42. The summed E-state index contributed by atoms with van der Waals surface area (Å²) in [6, 6.07) is 11.7. The maximum absolute atomic E-state index is 6.96. The maximum Gasteiger partial charge on any atom is 0.149 e. The van der Waals surface area contributed by atoms with E-state index in [1.165, 1.54) is 0 Å². The van der Waals surface area contributed by atoms with Crippen LogP contribution in [0.25, 0.3) is 33.6 Å². The summed E-state index contributed by atoms with van der Waals surface area (Å²) in [5.41, 5.74) is 6.32. The molecule has 0 saturated carbocycles. The SMILES string of the molecule is CCCc1ncc(-c2cccc(-c3cccc(-c4cnc(CNC)c(NC)n4)c3Cl)c2Cl)nc1NC. The number of nitrogens with one attached hydrogen (secondary N) is 3. The zero-order valence-corrected chi connectivity index (χ0v) is 22.3. The van der Waals surface area contributed by atoms with Gasteiger partial charge in [-0.15, -0.1) is 0 Å². The highest BCUT2D eigenvalue weighted by molar-refractivity contribution is 6.39. The van der Waals surface area contributed by atoms with Crippen LogP contribution in [-0.2, 0) is 13.0 Å². The first kappa shape index (κ1) is 25.8. The number of halogens is 2. The Bertz CT molecular complexity index is 1270. The highest BCUT2D eigenvalue weighted by Gasteiger charge is 2.18. The van der Waals surface area contributed by atoms with Gasteiger partial charge in [0, 0.05) is 42.9 Å². The van der Waals surface area contributed by atoms with E-state index >= 15 is 0 Å². The molecule has 0 radical (unpaired) electrons. The molecule has 0 spiro atoms. The maximum atomic E-state index is 6.96. The molecule has 0 aliphatic heterocycles. The fraction of sp³-hybridized carbons (Fsp3) is 0.259. The Morgan fingerprint density at radius 2 is 1.17 bits per heavy atom. The van der Waals surface area contributed by atoms with Crippen LogP contribution >= 0.6 is 23.2 Å². The van der Waals surface area contributed by atoms with Crippen molar-refractivity contribution in [3.63, 3.8) is 0 Å². The Kier molecular flexibility index (Phi) is 8.36. The number of hydrogen-bond acceptors (Lipinski definition) is 7. The highest BCUT2D eigenvalue weighted by atomic mass is 35.5. The zero-order valence-electron chi connectivity index (χ0n) is 20.8. The number of nitrogens with zero attached hydrogens (tertiary/aromatic N) is 4. The summed E-state index contributed by atoms with van der Waals surface area (Å²) in [7, 11) is 5.55. The number of rotatable bonds is 9. The van der Waals surface area contributed by atoms with Gasteiger partial charge in [-0.05, 0) is 13.5 Å². The lowest BCUT2D eigenvalue weighted by Gasteiger charge is -2.15. The fourth-order valence-electron chi connectivity index (χ4n) is 4.08. The van der Waals surface area contributed by atoms with E-state index < -0.39 is 0 Å². The lowest BCUT2D eigenvalue weighted by molar-refractivity contribution is 0.787. The average molecular weight is 522 g/mol. The van der Waals surface area contributed by atoms with E-state index in [4.69, 9.17) is 33.2 Å². The minimum Gasteiger partial charge on any atom is -0.372 e. The molecule has 186 valence electrons. The third-order valence-electron chi connectivity index (χ3n) is 5.84. The van der Waals surface area contributed by atoms with E-state index in [2.05, 4.69) is 32.8 Å². The number of aromatic nitrogens is 4. The number of hydrogen-bond donors (Lipinski definition) is 3. The Hall–Kier alpha value is -3.26. The molecule has 0 unspecified atom stereocenters. The minimum atomic E-state index is 0.551. The Balaban J connectivity index is 1.78. The van der Waals surface area contributed by atoms with E-state index in [1.807, 2.05) is 57.5 Å². The molecule has 0 saturated heterocycles. The second kappa shape index (κ2) is 11.6. The number of benzene rings is 2. The summed E-state index contributed by atoms with van der Waals surface area (Å²) in [5, 5.41) is 10.5. The molecule has 2 aromatic heterocycles. The van der Waals surface area contributed by atoms with Crippen molar-refractivity contribution in [3.05, 3.63) is 70.2 Å². The third kappa shape index (κ3) is 5.14. The quantitative estimate of drug-likeness (QED) is 0.237. The van der Waals surface area contributed by atoms with E-state index in [0.29, 0.717) is 33.8 Å². The Morgan fingerprint density at radius 3 is 1.64 bits per heavy atom. The molecule has 0 aliphatic rings. The first-order valence-corrected chi connectivity index (χ1v) is 12.6. The predicted molar refractivity (Wildman–Crippen MR) is 150 cm³/mol. The normalized spacial score (nSPS) is 10.9. The summed E-state index contributed by atoms with van der Waals surface area (Å²) < 4.78 is 0. The van der Waals surface area contributed by atoms with Crippen molar-refractivity contribution >= 4 is 34.8 Å². The van der Waals surface area contributed by atoms with Crippen LogP contribution in [0.3, 0.4) is 0 Å². The molecule has 2 aromatic carbocycles. The molecule has 0 aliphatic carbocycles. The van der Waals surface area contributed by atoms with Gasteiger partial charge >= 0.3 is 0 Å². The second-order valence-corrected chi connectivity index (χ2v) is 8.97. The fourth-order valence-corrected chi connectivity index (χ4v) is 4.73. The van der Waals surface area contributed by atoms with E-state index in [1.54, 1.807) is 12.4 Å². The van der Waals surface area contributed by atoms with Gasteiger partial charge in [0.05, 0.1) is 45.2 Å². The van der Waals surface area contributed by atoms with E-state index in [9.17, 15) is 0 Å². The molecule has 36 heavy (non-hydrogen) atoms. The topological polar surface area (TPSA) is 87.7 Å². The van der Waals surface area contributed by atoms with Crippen molar-refractivity contribution in [2.75, 3.05) is 31.8 Å². The molecule has 9 heteroatoms. The summed E-state index contributed by atoms with van der Waals surface area (Å²) in [4.78, 5) is 18.7. The molecule has 2 heterocycles. The number of anilines is 2. The van der Waals surface area contributed by atoms with Crippen LogP contribution < -0.4 is 16.0 Å². The van der Waals surface area contributed by atoms with E-state index in [0.717, 1.165) is 52.3 Å². The first-order valence-electron chi connectivity index (χ1n) is 11.8. The lowest BCUT2D eigenvalue weighted by atomic mass is 9.98. The molecule has 7 nitrogen and oxygen atoms in total. The molecule has 4 rings (SSSR count). The van der Waals surface area contributed by atoms with Crippen LogP contribution in [0.1, 0.15) is 24.7 Å². The van der Waals surface area contributed by atoms with Crippen molar-refractivity contribution in [1.82, 2.24) is 25.3 Å². The Morgan fingerprint density at radius 1 is 0.694 bits per heavy atom. The van der Waals surface area contributed by atoms with Crippen molar-refractivity contribution < 1.29 is 0 Å². The molecule has 0 amide bonds. The van der Waals surface area contributed by atoms with Gasteiger partial charge in [0.25, 0.3) is 0 Å². The molecule has 0 atom stereocenters. The third-order valence-corrected chi connectivity index (χ3v) is 6.66. The molecule has 3 N–H and O–H groups in total. The standard InChI is InChI=1S/C27H29Cl2N7/c1-5-8-20-26(31-3)35-21(14-33-20)18-11-6-9-16(24(18)28)17-10-7-12-19(25(17)29)22-15-34-23(13-30-2)27(32-4)36-22/h6-7,9-12,14-15,30H,5,8,13H2,1-4H3,(H,31,35)(H,32,36). The molecular formula is C27H29Cl2N7. The molecule has 0 bridgehead atoms. The summed E-state index contributed by atoms with van der Waals surface area (Å²) in [5.74, 6) is 1.46. The number of aryl methyl sites for hydroxylation is 1. The lowest BCUT2D eigenvalue weighted by Crippen LogP contribution is -2.11. The zero-order chi connectivity index (χ0) is 25.7. The van der Waals surface area contributed by atoms with Crippen LogP contribution in [0.2, 0.25) is 10.0 Å². The molecule has 0 fully saturated rings. The van der Waals surface area contributed by atoms with Crippen LogP contribution in [-0.4, -0.2) is 41.1 Å². The monoisotopic (exact) mass is 521 g/mol. The van der Waals surface area contributed by atoms with Crippen LogP contribution in [0, 0.1) is 0 Å². The van der Waals surface area contributed by atoms with Crippen molar-refractivity contribution in [3.8, 4) is 33.6 Å². The summed E-state index contributed by atoms with van der Waals surface area (Å²) in [6.07, 6.45) is 5.36. The average Bonchev–Trinajstić information content (AvgIpc) is 2.90. The van der Waals surface area contributed by atoms with Gasteiger partial charge in [-0.1, -0.05) is 72.9 Å². The summed E-state index contributed by atoms with van der Waals surface area (Å²) >= 11 is 13.9. The van der Waals surface area contributed by atoms with Crippen molar-refractivity contribution in [1.29, 1.82) is 0 Å². The van der Waals surface area contributed by atoms with Crippen LogP contribution in [0.15, 0.2) is 48.8 Å². The predicted octanol–water partition coefficient (Wildman–Crippen LogP) is 6.33. The molecular weight excluding hydrogens is 493 g/mol. The smallest absolute Gasteiger partial charge is 0.149 e. The van der Waals surface area contributed by atoms with E-state index in [-0.39, 0.29) is 0 Å². The minimum absolute atomic E-state index is 0.551.